The standard InChI is InChI=1S/C21H33N3O3/c25-19-8-4-13-23(19)14-5-15-24-16-18(9-10-20(24)26)21(27)22-12-11-17-6-2-1-3-7-17/h6,18H,1-5,7-16H2,(H,22,27). The van der Waals surface area contributed by atoms with Crippen LogP contribution < -0.4 is 5.32 Å². The van der Waals surface area contributed by atoms with Crippen molar-refractivity contribution in [3.63, 3.8) is 0 Å². The fourth-order valence-corrected chi connectivity index (χ4v) is 4.36. The van der Waals surface area contributed by atoms with Gasteiger partial charge in [0.25, 0.3) is 0 Å². The van der Waals surface area contributed by atoms with E-state index in [0.717, 1.165) is 25.8 Å². The Hall–Kier alpha value is -1.85. The maximum atomic E-state index is 12.5. The molecular weight excluding hydrogens is 342 g/mol. The van der Waals surface area contributed by atoms with E-state index in [0.29, 0.717) is 45.4 Å². The Morgan fingerprint density at radius 3 is 2.59 bits per heavy atom. The number of carbonyl (C=O) groups excluding carboxylic acids is 3. The highest BCUT2D eigenvalue weighted by molar-refractivity contribution is 5.83. The van der Waals surface area contributed by atoms with E-state index in [9.17, 15) is 14.4 Å². The zero-order chi connectivity index (χ0) is 19.1. The maximum absolute atomic E-state index is 12.5. The number of allylic oxidation sites excluding steroid dienone is 1. The minimum atomic E-state index is -0.101. The van der Waals surface area contributed by atoms with Gasteiger partial charge in [-0.05, 0) is 51.4 Å². The molecule has 1 N–H and O–H groups in total. The maximum Gasteiger partial charge on any atom is 0.224 e. The van der Waals surface area contributed by atoms with Crippen LogP contribution in [0, 0.1) is 5.92 Å². The number of rotatable bonds is 8. The predicted octanol–water partition coefficient (Wildman–Crippen LogP) is 2.24. The van der Waals surface area contributed by atoms with Crippen molar-refractivity contribution in [3.8, 4) is 0 Å². The lowest BCUT2D eigenvalue weighted by molar-refractivity contribution is -0.138. The van der Waals surface area contributed by atoms with Crippen LogP contribution in [0.3, 0.4) is 0 Å². The summed E-state index contributed by atoms with van der Waals surface area (Å²) in [5, 5.41) is 3.07. The second kappa shape index (κ2) is 9.90. The Kier molecular flexibility index (Phi) is 7.30. The monoisotopic (exact) mass is 375 g/mol. The normalized spacial score (nSPS) is 23.6. The number of nitrogens with zero attached hydrogens (tertiary/aromatic N) is 2. The third kappa shape index (κ3) is 5.81. The smallest absolute Gasteiger partial charge is 0.224 e. The van der Waals surface area contributed by atoms with Gasteiger partial charge in [0.1, 0.15) is 0 Å². The van der Waals surface area contributed by atoms with Crippen LogP contribution in [0.25, 0.3) is 0 Å². The average Bonchev–Trinajstić information content (AvgIpc) is 3.09. The molecule has 3 aliphatic rings. The molecule has 0 bridgehead atoms. The first-order chi connectivity index (χ1) is 13.1. The van der Waals surface area contributed by atoms with E-state index in [-0.39, 0.29) is 23.6 Å². The van der Waals surface area contributed by atoms with E-state index in [4.69, 9.17) is 0 Å². The van der Waals surface area contributed by atoms with Gasteiger partial charge in [0.2, 0.25) is 17.7 Å². The van der Waals surface area contributed by atoms with Crippen molar-refractivity contribution < 1.29 is 14.4 Å². The van der Waals surface area contributed by atoms with Crippen molar-refractivity contribution in [2.45, 2.75) is 64.2 Å². The Morgan fingerprint density at radius 2 is 1.85 bits per heavy atom. The molecule has 2 aliphatic heterocycles. The van der Waals surface area contributed by atoms with Crippen LogP contribution in [-0.2, 0) is 14.4 Å². The van der Waals surface area contributed by atoms with Gasteiger partial charge in [0.05, 0.1) is 5.92 Å². The van der Waals surface area contributed by atoms with E-state index < -0.39 is 0 Å². The lowest BCUT2D eigenvalue weighted by Crippen LogP contribution is -2.46. The molecule has 0 spiro atoms. The zero-order valence-electron chi connectivity index (χ0n) is 16.4. The number of carbonyl (C=O) groups is 3. The first-order valence-electron chi connectivity index (χ1n) is 10.6. The summed E-state index contributed by atoms with van der Waals surface area (Å²) < 4.78 is 0. The Morgan fingerprint density at radius 1 is 1.04 bits per heavy atom. The highest BCUT2D eigenvalue weighted by Crippen LogP contribution is 2.21. The summed E-state index contributed by atoms with van der Waals surface area (Å²) in [6.45, 7) is 3.41. The number of amides is 3. The number of likely N-dealkylation sites (tertiary alicyclic amines) is 2. The van der Waals surface area contributed by atoms with Crippen LogP contribution in [0.1, 0.15) is 64.2 Å². The largest absolute Gasteiger partial charge is 0.355 e. The third-order valence-corrected chi connectivity index (χ3v) is 6.03. The Balaban J connectivity index is 1.37. The molecule has 3 amide bonds. The second-order valence-electron chi connectivity index (χ2n) is 8.06. The van der Waals surface area contributed by atoms with Gasteiger partial charge in [-0.2, -0.15) is 0 Å². The van der Waals surface area contributed by atoms with Gasteiger partial charge in [-0.25, -0.2) is 0 Å². The average molecular weight is 376 g/mol. The van der Waals surface area contributed by atoms with Crippen molar-refractivity contribution in [1.82, 2.24) is 15.1 Å². The molecule has 0 radical (unpaired) electrons. The fraction of sp³-hybridized carbons (Fsp3) is 0.762. The lowest BCUT2D eigenvalue weighted by Gasteiger charge is -2.32. The Labute approximate surface area is 162 Å². The molecule has 0 aromatic carbocycles. The van der Waals surface area contributed by atoms with E-state index in [1.54, 1.807) is 0 Å². The van der Waals surface area contributed by atoms with Crippen molar-refractivity contribution in [1.29, 1.82) is 0 Å². The number of hydrogen-bond acceptors (Lipinski definition) is 3. The molecule has 0 aromatic heterocycles. The SMILES string of the molecule is O=C(NCCC1=CCCCC1)C1CCC(=O)N(CCCN2CCCC2=O)C1. The Bertz CT molecular complexity index is 587. The van der Waals surface area contributed by atoms with Crippen LogP contribution in [-0.4, -0.2) is 60.2 Å². The summed E-state index contributed by atoms with van der Waals surface area (Å²) in [5.41, 5.74) is 1.47. The molecule has 0 aromatic rings. The molecule has 1 aliphatic carbocycles. The zero-order valence-corrected chi connectivity index (χ0v) is 16.4. The third-order valence-electron chi connectivity index (χ3n) is 6.03. The summed E-state index contributed by atoms with van der Waals surface area (Å²) in [6.07, 6.45) is 11.7. The van der Waals surface area contributed by atoms with Crippen molar-refractivity contribution in [2.24, 2.45) is 5.92 Å². The molecule has 1 unspecified atom stereocenters. The van der Waals surface area contributed by atoms with Gasteiger partial charge in [-0.3, -0.25) is 14.4 Å². The number of piperidine rings is 1. The molecular formula is C21H33N3O3. The van der Waals surface area contributed by atoms with Gasteiger partial charge in [-0.15, -0.1) is 0 Å². The van der Waals surface area contributed by atoms with E-state index in [1.807, 2.05) is 9.80 Å². The highest BCUT2D eigenvalue weighted by atomic mass is 16.2. The molecule has 2 heterocycles. The molecule has 6 nitrogen and oxygen atoms in total. The second-order valence-corrected chi connectivity index (χ2v) is 8.06. The molecule has 6 heteroatoms. The van der Waals surface area contributed by atoms with E-state index in [1.165, 1.54) is 31.3 Å². The first-order valence-corrected chi connectivity index (χ1v) is 10.6. The molecule has 150 valence electrons. The first kappa shape index (κ1) is 19.9. The van der Waals surface area contributed by atoms with Crippen LogP contribution in [0.2, 0.25) is 0 Å². The summed E-state index contributed by atoms with van der Waals surface area (Å²) in [4.78, 5) is 40.0. The van der Waals surface area contributed by atoms with Crippen LogP contribution in [0.15, 0.2) is 11.6 Å². The van der Waals surface area contributed by atoms with Crippen molar-refractivity contribution >= 4 is 17.7 Å². The fourth-order valence-electron chi connectivity index (χ4n) is 4.36. The molecule has 2 saturated heterocycles. The minimum absolute atomic E-state index is 0.0821. The van der Waals surface area contributed by atoms with E-state index >= 15 is 0 Å². The minimum Gasteiger partial charge on any atom is -0.355 e. The topological polar surface area (TPSA) is 69.7 Å². The van der Waals surface area contributed by atoms with Gasteiger partial charge >= 0.3 is 0 Å². The van der Waals surface area contributed by atoms with Crippen LogP contribution in [0.5, 0.6) is 0 Å². The van der Waals surface area contributed by atoms with Gasteiger partial charge in [0.15, 0.2) is 0 Å². The highest BCUT2D eigenvalue weighted by Gasteiger charge is 2.30. The van der Waals surface area contributed by atoms with Crippen LogP contribution in [0.4, 0.5) is 0 Å². The van der Waals surface area contributed by atoms with Crippen LogP contribution >= 0.6 is 0 Å². The predicted molar refractivity (Wildman–Crippen MR) is 104 cm³/mol. The molecule has 3 rings (SSSR count). The number of hydrogen-bond donors (Lipinski definition) is 1. The van der Waals surface area contributed by atoms with Crippen molar-refractivity contribution in [3.05, 3.63) is 11.6 Å². The molecule has 0 saturated carbocycles. The summed E-state index contributed by atoms with van der Waals surface area (Å²) in [5.74, 6) is 0.347. The summed E-state index contributed by atoms with van der Waals surface area (Å²) in [7, 11) is 0. The summed E-state index contributed by atoms with van der Waals surface area (Å²) in [6, 6.07) is 0. The number of nitrogens with one attached hydrogen (secondary N) is 1. The molecule has 27 heavy (non-hydrogen) atoms. The molecule has 1 atom stereocenters. The van der Waals surface area contributed by atoms with E-state index in [2.05, 4.69) is 11.4 Å². The quantitative estimate of drug-likeness (QED) is 0.662. The van der Waals surface area contributed by atoms with Gasteiger partial charge in [-0.1, -0.05) is 11.6 Å². The van der Waals surface area contributed by atoms with Gasteiger partial charge < -0.3 is 15.1 Å². The lowest BCUT2D eigenvalue weighted by atomic mass is 9.95. The van der Waals surface area contributed by atoms with Crippen molar-refractivity contribution in [2.75, 3.05) is 32.7 Å². The summed E-state index contributed by atoms with van der Waals surface area (Å²) >= 11 is 0. The molecule has 2 fully saturated rings. The van der Waals surface area contributed by atoms with Gasteiger partial charge in [0, 0.05) is 45.6 Å².